The van der Waals surface area contributed by atoms with E-state index in [-0.39, 0.29) is 19.3 Å². The van der Waals surface area contributed by atoms with Crippen LogP contribution in [0.5, 0.6) is 0 Å². The Hall–Kier alpha value is -5.52. The lowest BCUT2D eigenvalue weighted by Crippen LogP contribution is -2.59. The molecule has 4 rings (SSSR count). The molecule has 0 spiro atoms. The molecule has 3 atom stereocenters. The second kappa shape index (κ2) is 15.4. The molecule has 1 aliphatic rings. The molecule has 1 heterocycles. The van der Waals surface area contributed by atoms with Gasteiger partial charge in [-0.25, -0.2) is 14.4 Å². The lowest BCUT2D eigenvalue weighted by Gasteiger charge is -2.32. The van der Waals surface area contributed by atoms with E-state index in [2.05, 4.69) is 16.0 Å². The fraction of sp³-hybridized carbons (Fsp3) is 0.333. The molecule has 252 valence electrons. The first-order valence-corrected chi connectivity index (χ1v) is 15.4. The largest absolute Gasteiger partial charge is 0.454 e. The van der Waals surface area contributed by atoms with E-state index in [0.29, 0.717) is 16.7 Å². The van der Waals surface area contributed by atoms with E-state index in [1.54, 1.807) is 91.0 Å². The summed E-state index contributed by atoms with van der Waals surface area (Å²) in [5, 5.41) is 7.77. The molecular formula is C36H39N3O9. The standard InChI is InChI=1S/C36H39N3O9/c1-34(19-25-13-7-4-8-14-25)31(43)46-23-29(41)38-36(3,21-27-17-11-6-12-18-27)33(45)48-24-30(42)39-35(2,20-26-15-9-5-10-16-26)32(44)47-22-28(40)37-34/h4-18H,19-24H2,1-3H3,(H,37,40)(H,38,41)(H,39,42). The number of carbonyl (C=O) groups is 6. The van der Waals surface area contributed by atoms with Gasteiger partial charge in [-0.15, -0.1) is 0 Å². The number of rotatable bonds is 6. The van der Waals surface area contributed by atoms with Gasteiger partial charge in [-0.3, -0.25) is 14.4 Å². The molecule has 3 unspecified atom stereocenters. The minimum Gasteiger partial charge on any atom is -0.454 e. The third-order valence-electron chi connectivity index (χ3n) is 7.80. The molecule has 3 amide bonds. The van der Waals surface area contributed by atoms with Crippen LogP contribution in [-0.2, 0) is 62.2 Å². The molecule has 0 bridgehead atoms. The van der Waals surface area contributed by atoms with E-state index in [9.17, 15) is 28.8 Å². The number of hydrogen-bond donors (Lipinski definition) is 3. The van der Waals surface area contributed by atoms with Crippen LogP contribution in [0.15, 0.2) is 91.0 Å². The molecule has 0 radical (unpaired) electrons. The summed E-state index contributed by atoms with van der Waals surface area (Å²) in [4.78, 5) is 79.9. The monoisotopic (exact) mass is 657 g/mol. The molecule has 1 fully saturated rings. The van der Waals surface area contributed by atoms with Crippen molar-refractivity contribution in [3.05, 3.63) is 108 Å². The zero-order chi connectivity index (χ0) is 34.8. The van der Waals surface area contributed by atoms with Crippen LogP contribution in [0, 0.1) is 0 Å². The van der Waals surface area contributed by atoms with E-state index in [0.717, 1.165) is 0 Å². The van der Waals surface area contributed by atoms with Crippen LogP contribution in [0.25, 0.3) is 0 Å². The van der Waals surface area contributed by atoms with Crippen molar-refractivity contribution in [2.75, 3.05) is 19.8 Å². The van der Waals surface area contributed by atoms with Crippen molar-refractivity contribution in [2.24, 2.45) is 0 Å². The van der Waals surface area contributed by atoms with Crippen molar-refractivity contribution in [1.82, 2.24) is 16.0 Å². The van der Waals surface area contributed by atoms with Crippen LogP contribution < -0.4 is 16.0 Å². The quantitative estimate of drug-likeness (QED) is 0.265. The maximum atomic E-state index is 13.5. The summed E-state index contributed by atoms with van der Waals surface area (Å²) in [5.74, 6) is -5.26. The summed E-state index contributed by atoms with van der Waals surface area (Å²) in [6.45, 7) is 1.91. The second-order valence-electron chi connectivity index (χ2n) is 12.4. The Morgan fingerprint density at radius 3 is 0.896 bits per heavy atom. The number of ether oxygens (including phenoxy) is 3. The molecular weight excluding hydrogens is 618 g/mol. The van der Waals surface area contributed by atoms with Crippen molar-refractivity contribution in [3.8, 4) is 0 Å². The van der Waals surface area contributed by atoms with Gasteiger partial charge in [0, 0.05) is 19.3 Å². The average Bonchev–Trinajstić information content (AvgIpc) is 3.05. The number of benzene rings is 3. The first-order chi connectivity index (χ1) is 22.8. The van der Waals surface area contributed by atoms with Gasteiger partial charge in [-0.05, 0) is 37.5 Å². The van der Waals surface area contributed by atoms with Crippen LogP contribution in [0.2, 0.25) is 0 Å². The smallest absolute Gasteiger partial charge is 0.332 e. The van der Waals surface area contributed by atoms with Crippen LogP contribution in [0.1, 0.15) is 37.5 Å². The third kappa shape index (κ3) is 9.50. The summed E-state index contributed by atoms with van der Waals surface area (Å²) in [6, 6.07) is 26.4. The number of esters is 3. The van der Waals surface area contributed by atoms with Crippen molar-refractivity contribution in [3.63, 3.8) is 0 Å². The Labute approximate surface area is 278 Å². The highest BCUT2D eigenvalue weighted by atomic mass is 16.6. The van der Waals surface area contributed by atoms with Gasteiger partial charge < -0.3 is 30.2 Å². The van der Waals surface area contributed by atoms with Gasteiger partial charge in [0.1, 0.15) is 16.6 Å². The fourth-order valence-electron chi connectivity index (χ4n) is 5.42. The molecule has 48 heavy (non-hydrogen) atoms. The fourth-order valence-corrected chi connectivity index (χ4v) is 5.42. The maximum Gasteiger partial charge on any atom is 0.332 e. The number of carbonyl (C=O) groups excluding carboxylic acids is 6. The summed E-state index contributed by atoms with van der Waals surface area (Å²) >= 11 is 0. The van der Waals surface area contributed by atoms with E-state index in [1.165, 1.54) is 20.8 Å². The highest BCUT2D eigenvalue weighted by Gasteiger charge is 2.42. The highest BCUT2D eigenvalue weighted by Crippen LogP contribution is 2.20. The first kappa shape index (κ1) is 35.3. The molecule has 12 nitrogen and oxygen atoms in total. The number of nitrogens with one attached hydrogen (secondary N) is 3. The first-order valence-electron chi connectivity index (χ1n) is 15.4. The van der Waals surface area contributed by atoms with Gasteiger partial charge in [0.2, 0.25) is 0 Å². The lowest BCUT2D eigenvalue weighted by molar-refractivity contribution is -0.162. The van der Waals surface area contributed by atoms with Gasteiger partial charge >= 0.3 is 17.9 Å². The van der Waals surface area contributed by atoms with Crippen molar-refractivity contribution >= 4 is 35.6 Å². The van der Waals surface area contributed by atoms with E-state index >= 15 is 0 Å². The molecule has 0 aromatic heterocycles. The Balaban J connectivity index is 1.67. The molecule has 3 aromatic carbocycles. The molecule has 12 heteroatoms. The number of amides is 3. The molecule has 1 saturated heterocycles. The van der Waals surface area contributed by atoms with Crippen molar-refractivity contribution < 1.29 is 43.0 Å². The van der Waals surface area contributed by atoms with Crippen molar-refractivity contribution in [1.29, 1.82) is 0 Å². The summed E-state index contributed by atoms with van der Waals surface area (Å²) in [5.41, 5.74) is -3.04. The van der Waals surface area contributed by atoms with Gasteiger partial charge in [-0.1, -0.05) is 91.0 Å². The molecule has 0 aliphatic carbocycles. The van der Waals surface area contributed by atoms with Gasteiger partial charge in [0.15, 0.2) is 19.8 Å². The normalized spacial score (nSPS) is 24.8. The van der Waals surface area contributed by atoms with E-state index in [1.807, 2.05) is 0 Å². The zero-order valence-electron chi connectivity index (χ0n) is 27.1. The van der Waals surface area contributed by atoms with Crippen LogP contribution in [-0.4, -0.2) is 72.1 Å². The Bertz CT molecular complexity index is 1440. The topological polar surface area (TPSA) is 166 Å². The van der Waals surface area contributed by atoms with Gasteiger partial charge in [-0.2, -0.15) is 0 Å². The molecule has 3 N–H and O–H groups in total. The lowest BCUT2D eigenvalue weighted by atomic mass is 9.92. The third-order valence-corrected chi connectivity index (χ3v) is 7.80. The zero-order valence-corrected chi connectivity index (χ0v) is 27.1. The Kier molecular flexibility index (Phi) is 11.3. The van der Waals surface area contributed by atoms with Crippen LogP contribution in [0.3, 0.4) is 0 Å². The van der Waals surface area contributed by atoms with E-state index < -0.39 is 72.1 Å². The highest BCUT2D eigenvalue weighted by molar-refractivity contribution is 5.94. The SMILES string of the molecule is CC1(Cc2ccccc2)NC(=O)COC(=O)C(C)(Cc2ccccc2)NC(=O)COC(=O)C(C)(Cc2ccccc2)NC(=O)COC1=O. The van der Waals surface area contributed by atoms with Gasteiger partial charge in [0.05, 0.1) is 0 Å². The molecule has 1 aliphatic heterocycles. The Morgan fingerprint density at radius 2 is 0.667 bits per heavy atom. The van der Waals surface area contributed by atoms with Crippen LogP contribution in [0.4, 0.5) is 0 Å². The Morgan fingerprint density at radius 1 is 0.438 bits per heavy atom. The molecule has 0 saturated carbocycles. The van der Waals surface area contributed by atoms with Crippen LogP contribution >= 0.6 is 0 Å². The summed E-state index contributed by atoms with van der Waals surface area (Å²) in [6.07, 6.45) is -0.0601. The number of hydrogen-bond acceptors (Lipinski definition) is 9. The maximum absolute atomic E-state index is 13.5. The average molecular weight is 658 g/mol. The summed E-state index contributed by atoms with van der Waals surface area (Å²) < 4.78 is 16.1. The molecule has 3 aromatic rings. The van der Waals surface area contributed by atoms with E-state index in [4.69, 9.17) is 14.2 Å². The minimum absolute atomic E-state index is 0.0200. The minimum atomic E-state index is -1.69. The summed E-state index contributed by atoms with van der Waals surface area (Å²) in [7, 11) is 0. The second-order valence-corrected chi connectivity index (χ2v) is 12.4. The predicted molar refractivity (Wildman–Crippen MR) is 173 cm³/mol. The predicted octanol–water partition coefficient (Wildman–Crippen LogP) is 1.98. The number of cyclic esters (lactones) is 3. The van der Waals surface area contributed by atoms with Crippen molar-refractivity contribution in [2.45, 2.75) is 56.7 Å². The van der Waals surface area contributed by atoms with Gasteiger partial charge in [0.25, 0.3) is 17.7 Å².